The lowest BCUT2D eigenvalue weighted by Crippen LogP contribution is -2.03. The average Bonchev–Trinajstić information content (AvgIpc) is 2.65. The van der Waals surface area contributed by atoms with E-state index in [4.69, 9.17) is 16.7 Å². The molecule has 5 nitrogen and oxygen atoms in total. The number of carboxylic acids is 1. The predicted octanol–water partition coefficient (Wildman–Crippen LogP) is 1.93. The predicted molar refractivity (Wildman–Crippen MR) is 58.1 cm³/mol. The zero-order valence-electron chi connectivity index (χ0n) is 8.38. The molecular formula is C10H8ClN3O2. The molecule has 0 aliphatic rings. The fraction of sp³-hybridized carbons (Fsp3) is 0.100. The number of pyridine rings is 1. The van der Waals surface area contributed by atoms with E-state index in [1.165, 1.54) is 16.9 Å². The van der Waals surface area contributed by atoms with E-state index in [0.717, 1.165) is 5.56 Å². The molecule has 82 valence electrons. The van der Waals surface area contributed by atoms with Gasteiger partial charge in [-0.05, 0) is 18.6 Å². The highest BCUT2D eigenvalue weighted by Crippen LogP contribution is 2.17. The van der Waals surface area contributed by atoms with Crippen LogP contribution >= 0.6 is 11.6 Å². The van der Waals surface area contributed by atoms with Crippen LogP contribution in [0, 0.1) is 6.92 Å². The second-order valence-electron chi connectivity index (χ2n) is 3.29. The van der Waals surface area contributed by atoms with E-state index in [2.05, 4.69) is 10.1 Å². The van der Waals surface area contributed by atoms with Gasteiger partial charge in [0.05, 0.1) is 16.8 Å². The first-order valence-corrected chi connectivity index (χ1v) is 4.86. The average molecular weight is 238 g/mol. The molecule has 0 aliphatic heterocycles. The van der Waals surface area contributed by atoms with Crippen molar-refractivity contribution in [1.29, 1.82) is 0 Å². The number of hydrogen-bond donors (Lipinski definition) is 1. The molecule has 2 heterocycles. The zero-order valence-corrected chi connectivity index (χ0v) is 9.14. The summed E-state index contributed by atoms with van der Waals surface area (Å²) in [6.07, 6.45) is 4.72. The molecule has 0 bridgehead atoms. The highest BCUT2D eigenvalue weighted by Gasteiger charge is 2.11. The van der Waals surface area contributed by atoms with Crippen LogP contribution in [0.2, 0.25) is 5.02 Å². The van der Waals surface area contributed by atoms with Gasteiger partial charge < -0.3 is 5.11 Å². The monoisotopic (exact) mass is 237 g/mol. The maximum absolute atomic E-state index is 10.9. The summed E-state index contributed by atoms with van der Waals surface area (Å²) in [6, 6.07) is 1.39. The number of aryl methyl sites for hydroxylation is 1. The fourth-order valence-electron chi connectivity index (χ4n) is 1.25. The molecule has 0 atom stereocenters. The highest BCUT2D eigenvalue weighted by atomic mass is 35.5. The van der Waals surface area contributed by atoms with E-state index in [-0.39, 0.29) is 10.6 Å². The quantitative estimate of drug-likeness (QED) is 0.867. The minimum atomic E-state index is -1.09. The van der Waals surface area contributed by atoms with Crippen molar-refractivity contribution >= 4 is 17.6 Å². The summed E-state index contributed by atoms with van der Waals surface area (Å²) in [5, 5.41) is 13.0. The molecule has 0 aromatic carbocycles. The number of aromatic nitrogens is 3. The van der Waals surface area contributed by atoms with Gasteiger partial charge >= 0.3 is 5.97 Å². The van der Waals surface area contributed by atoms with Gasteiger partial charge in [-0.1, -0.05) is 11.6 Å². The molecule has 0 saturated heterocycles. The van der Waals surface area contributed by atoms with E-state index in [9.17, 15) is 4.79 Å². The molecule has 0 radical (unpaired) electrons. The van der Waals surface area contributed by atoms with Gasteiger partial charge in [0, 0.05) is 12.4 Å². The van der Waals surface area contributed by atoms with Crippen molar-refractivity contribution in [3.05, 3.63) is 40.8 Å². The number of nitrogens with zero attached hydrogens (tertiary/aromatic N) is 3. The van der Waals surface area contributed by atoms with E-state index in [1.807, 2.05) is 6.92 Å². The molecule has 2 aromatic rings. The van der Waals surface area contributed by atoms with E-state index in [1.54, 1.807) is 12.4 Å². The Balaban J connectivity index is 2.51. The van der Waals surface area contributed by atoms with Gasteiger partial charge in [0.15, 0.2) is 5.82 Å². The Bertz CT molecular complexity index is 551. The molecule has 0 spiro atoms. The summed E-state index contributed by atoms with van der Waals surface area (Å²) in [7, 11) is 0. The summed E-state index contributed by atoms with van der Waals surface area (Å²) in [4.78, 5) is 14.9. The molecule has 0 amide bonds. The molecule has 0 saturated carbocycles. The second-order valence-corrected chi connectivity index (χ2v) is 3.70. The molecule has 6 heteroatoms. The number of hydrogen-bond acceptors (Lipinski definition) is 3. The van der Waals surface area contributed by atoms with Crippen molar-refractivity contribution in [2.45, 2.75) is 6.92 Å². The van der Waals surface area contributed by atoms with Crippen LogP contribution in [0.3, 0.4) is 0 Å². The maximum atomic E-state index is 10.9. The van der Waals surface area contributed by atoms with Crippen LogP contribution in [-0.4, -0.2) is 25.8 Å². The Kier molecular flexibility index (Phi) is 2.62. The lowest BCUT2D eigenvalue weighted by molar-refractivity contribution is 0.0697. The molecule has 2 rings (SSSR count). The van der Waals surface area contributed by atoms with Gasteiger partial charge in [-0.25, -0.2) is 14.5 Å². The SMILES string of the molecule is Cc1cnn(-c2cc(C(=O)O)c(Cl)cn2)c1. The van der Waals surface area contributed by atoms with Crippen molar-refractivity contribution in [2.75, 3.05) is 0 Å². The number of carbonyl (C=O) groups is 1. The van der Waals surface area contributed by atoms with Crippen molar-refractivity contribution < 1.29 is 9.90 Å². The largest absolute Gasteiger partial charge is 0.478 e. The third-order valence-corrected chi connectivity index (χ3v) is 2.32. The second kappa shape index (κ2) is 3.94. The molecule has 16 heavy (non-hydrogen) atoms. The summed E-state index contributed by atoms with van der Waals surface area (Å²) in [5.74, 6) is -0.660. The van der Waals surface area contributed by atoms with Crippen LogP contribution in [0.15, 0.2) is 24.7 Å². The zero-order chi connectivity index (χ0) is 11.7. The first-order valence-electron chi connectivity index (χ1n) is 4.48. The topological polar surface area (TPSA) is 68.0 Å². The number of halogens is 1. The van der Waals surface area contributed by atoms with E-state index >= 15 is 0 Å². The van der Waals surface area contributed by atoms with Gasteiger partial charge in [0.25, 0.3) is 0 Å². The smallest absolute Gasteiger partial charge is 0.337 e. The summed E-state index contributed by atoms with van der Waals surface area (Å²) in [6.45, 7) is 1.89. The Morgan fingerprint density at radius 1 is 1.50 bits per heavy atom. The lowest BCUT2D eigenvalue weighted by atomic mass is 10.2. The molecular weight excluding hydrogens is 230 g/mol. The van der Waals surface area contributed by atoms with Crippen molar-refractivity contribution in [3.8, 4) is 5.82 Å². The maximum Gasteiger partial charge on any atom is 0.337 e. The standard InChI is InChI=1S/C10H8ClN3O2/c1-6-3-13-14(5-6)9-2-7(10(15)16)8(11)4-12-9/h2-5H,1H3,(H,15,16). The normalized spacial score (nSPS) is 10.4. The number of carboxylic acid groups (broad SMARTS) is 1. The molecule has 0 unspecified atom stereocenters. The minimum absolute atomic E-state index is 0.0137. The van der Waals surface area contributed by atoms with Crippen LogP contribution in [0.1, 0.15) is 15.9 Å². The fourth-order valence-corrected chi connectivity index (χ4v) is 1.44. The number of rotatable bonds is 2. The summed E-state index contributed by atoms with van der Waals surface area (Å²) < 4.78 is 1.50. The Morgan fingerprint density at radius 3 is 2.81 bits per heavy atom. The van der Waals surface area contributed by atoms with E-state index in [0.29, 0.717) is 5.82 Å². The number of aromatic carboxylic acids is 1. The van der Waals surface area contributed by atoms with Crippen molar-refractivity contribution in [3.63, 3.8) is 0 Å². The van der Waals surface area contributed by atoms with Crippen LogP contribution in [0.4, 0.5) is 0 Å². The Hall–Kier alpha value is -1.88. The molecule has 1 N–H and O–H groups in total. The first kappa shape index (κ1) is 10.6. The van der Waals surface area contributed by atoms with Gasteiger partial charge in [0.2, 0.25) is 0 Å². The van der Waals surface area contributed by atoms with Crippen molar-refractivity contribution in [2.24, 2.45) is 0 Å². The highest BCUT2D eigenvalue weighted by molar-refractivity contribution is 6.33. The molecule has 2 aromatic heterocycles. The molecule has 0 fully saturated rings. The van der Waals surface area contributed by atoms with Crippen LogP contribution < -0.4 is 0 Å². The summed E-state index contributed by atoms with van der Waals surface area (Å²) >= 11 is 5.71. The van der Waals surface area contributed by atoms with Gasteiger partial charge in [-0.2, -0.15) is 5.10 Å². The minimum Gasteiger partial charge on any atom is -0.478 e. The Labute approximate surface area is 96.3 Å². The van der Waals surface area contributed by atoms with Crippen LogP contribution in [0.25, 0.3) is 5.82 Å². The van der Waals surface area contributed by atoms with Gasteiger partial charge in [0.1, 0.15) is 0 Å². The van der Waals surface area contributed by atoms with Gasteiger partial charge in [-0.15, -0.1) is 0 Å². The van der Waals surface area contributed by atoms with E-state index < -0.39 is 5.97 Å². The molecule has 0 aliphatic carbocycles. The van der Waals surface area contributed by atoms with Crippen molar-refractivity contribution in [1.82, 2.24) is 14.8 Å². The van der Waals surface area contributed by atoms with Gasteiger partial charge in [-0.3, -0.25) is 0 Å². The first-order chi connectivity index (χ1) is 7.58. The summed E-state index contributed by atoms with van der Waals surface area (Å²) in [5.41, 5.74) is 0.980. The van der Waals surface area contributed by atoms with Crippen LogP contribution in [0.5, 0.6) is 0 Å². The third-order valence-electron chi connectivity index (χ3n) is 2.02. The lowest BCUT2D eigenvalue weighted by Gasteiger charge is -2.03. The van der Waals surface area contributed by atoms with Crippen LogP contribution in [-0.2, 0) is 0 Å². The Morgan fingerprint density at radius 2 is 2.25 bits per heavy atom. The third kappa shape index (κ3) is 1.90.